The van der Waals surface area contributed by atoms with Gasteiger partial charge in [-0.25, -0.2) is 0 Å². The van der Waals surface area contributed by atoms with Crippen molar-refractivity contribution in [2.45, 2.75) is 10.8 Å². The van der Waals surface area contributed by atoms with Crippen molar-refractivity contribution >= 4 is 21.5 Å². The summed E-state index contributed by atoms with van der Waals surface area (Å²) in [7, 11) is -4.35. The molecule has 0 heterocycles. The molecule has 7 heteroatoms. The highest BCUT2D eigenvalue weighted by molar-refractivity contribution is 7.86. The van der Waals surface area contributed by atoms with Crippen molar-refractivity contribution in [2.24, 2.45) is 5.73 Å². The molecule has 6 N–H and O–H groups in total. The Morgan fingerprint density at radius 2 is 1.82 bits per heavy atom. The smallest absolute Gasteiger partial charge is 0.296 e. The van der Waals surface area contributed by atoms with Crippen LogP contribution < -0.4 is 16.8 Å². The molecule has 0 aromatic heterocycles. The van der Waals surface area contributed by atoms with Gasteiger partial charge in [-0.15, -0.1) is 0 Å². The van der Waals surface area contributed by atoms with E-state index in [2.05, 4.69) is 5.32 Å². The quantitative estimate of drug-likeness (QED) is 0.475. The average molecular weight is 321 g/mol. The van der Waals surface area contributed by atoms with Crippen molar-refractivity contribution in [1.82, 2.24) is 0 Å². The van der Waals surface area contributed by atoms with E-state index in [4.69, 9.17) is 11.5 Å². The molecule has 1 unspecified atom stereocenters. The summed E-state index contributed by atoms with van der Waals surface area (Å²) in [4.78, 5) is -0.240. The molecule has 0 aliphatic rings. The van der Waals surface area contributed by atoms with Gasteiger partial charge in [0.15, 0.2) is 0 Å². The van der Waals surface area contributed by atoms with E-state index in [1.54, 1.807) is 6.07 Å². The Balaban J connectivity index is 2.21. The standard InChI is InChI=1S/C15H19N3O3S/c16-9-12(11-4-2-1-3-5-11)10-18-14-7-6-13(17)8-15(14)22(19,20)21/h1-8,12,18H,9-10,16-17H2,(H,19,20,21). The van der Waals surface area contributed by atoms with Crippen molar-refractivity contribution in [2.75, 3.05) is 24.1 Å². The number of benzene rings is 2. The van der Waals surface area contributed by atoms with E-state index in [0.29, 0.717) is 18.8 Å². The molecule has 1 atom stereocenters. The summed E-state index contributed by atoms with van der Waals surface area (Å²) >= 11 is 0. The summed E-state index contributed by atoms with van der Waals surface area (Å²) in [5.74, 6) is 0.0213. The van der Waals surface area contributed by atoms with Gasteiger partial charge in [-0.2, -0.15) is 8.42 Å². The van der Waals surface area contributed by atoms with E-state index in [-0.39, 0.29) is 16.5 Å². The Morgan fingerprint density at radius 3 is 2.41 bits per heavy atom. The van der Waals surface area contributed by atoms with Crippen LogP contribution in [0, 0.1) is 0 Å². The first-order chi connectivity index (χ1) is 10.4. The predicted octanol–water partition coefficient (Wildman–Crippen LogP) is 1.67. The third-order valence-electron chi connectivity index (χ3n) is 3.38. The van der Waals surface area contributed by atoms with E-state index in [9.17, 15) is 13.0 Å². The maximum atomic E-state index is 11.4. The van der Waals surface area contributed by atoms with E-state index >= 15 is 0 Å². The number of nitrogens with two attached hydrogens (primary N) is 2. The summed E-state index contributed by atoms with van der Waals surface area (Å²) in [5.41, 5.74) is 13.0. The zero-order valence-electron chi connectivity index (χ0n) is 11.9. The number of hydrogen-bond donors (Lipinski definition) is 4. The van der Waals surface area contributed by atoms with Gasteiger partial charge in [0.1, 0.15) is 4.90 Å². The molecule has 0 bridgehead atoms. The first-order valence-electron chi connectivity index (χ1n) is 6.77. The molecule has 0 spiro atoms. The largest absolute Gasteiger partial charge is 0.399 e. The van der Waals surface area contributed by atoms with Crippen molar-refractivity contribution in [3.63, 3.8) is 0 Å². The second-order valence-corrected chi connectivity index (χ2v) is 6.34. The normalized spacial score (nSPS) is 12.8. The van der Waals surface area contributed by atoms with Crippen LogP contribution in [0.2, 0.25) is 0 Å². The topological polar surface area (TPSA) is 118 Å². The third kappa shape index (κ3) is 3.97. The molecule has 2 rings (SSSR count). The van der Waals surface area contributed by atoms with E-state index in [1.807, 2.05) is 30.3 Å². The minimum atomic E-state index is -4.35. The van der Waals surface area contributed by atoms with Gasteiger partial charge < -0.3 is 16.8 Å². The van der Waals surface area contributed by atoms with Gasteiger partial charge in [-0.05, 0) is 23.8 Å². The Labute approximate surface area is 129 Å². The zero-order chi connectivity index (χ0) is 16.2. The molecule has 0 saturated heterocycles. The number of hydrogen-bond acceptors (Lipinski definition) is 5. The van der Waals surface area contributed by atoms with Gasteiger partial charge in [0.2, 0.25) is 0 Å². The molecule has 0 radical (unpaired) electrons. The Hall–Kier alpha value is -2.09. The lowest BCUT2D eigenvalue weighted by Crippen LogP contribution is -2.21. The van der Waals surface area contributed by atoms with E-state index < -0.39 is 10.1 Å². The molecule has 2 aromatic rings. The van der Waals surface area contributed by atoms with E-state index in [1.165, 1.54) is 12.1 Å². The summed E-state index contributed by atoms with van der Waals surface area (Å²) in [6.45, 7) is 0.847. The van der Waals surface area contributed by atoms with E-state index in [0.717, 1.165) is 5.56 Å². The SMILES string of the molecule is NCC(CNc1ccc(N)cc1S(=O)(=O)O)c1ccccc1. The van der Waals surface area contributed by atoms with Gasteiger partial charge in [-0.1, -0.05) is 30.3 Å². The maximum absolute atomic E-state index is 11.4. The molecule has 118 valence electrons. The van der Waals surface area contributed by atoms with Crippen molar-refractivity contribution < 1.29 is 13.0 Å². The van der Waals surface area contributed by atoms with Crippen LogP contribution in [0.3, 0.4) is 0 Å². The van der Waals surface area contributed by atoms with Gasteiger partial charge >= 0.3 is 0 Å². The molecule has 0 saturated carbocycles. The third-order valence-corrected chi connectivity index (χ3v) is 4.27. The van der Waals surface area contributed by atoms with Crippen LogP contribution in [0.4, 0.5) is 11.4 Å². The number of anilines is 2. The second-order valence-electron chi connectivity index (χ2n) is 4.95. The molecule has 6 nitrogen and oxygen atoms in total. The number of nitrogen functional groups attached to an aromatic ring is 1. The van der Waals surface area contributed by atoms with Gasteiger partial charge in [-0.3, -0.25) is 4.55 Å². The van der Waals surface area contributed by atoms with Gasteiger partial charge in [0.25, 0.3) is 10.1 Å². The lowest BCUT2D eigenvalue weighted by Gasteiger charge is -2.18. The van der Waals surface area contributed by atoms with Gasteiger partial charge in [0, 0.05) is 24.7 Å². The predicted molar refractivity (Wildman–Crippen MR) is 87.4 cm³/mol. The molecule has 0 fully saturated rings. The van der Waals surface area contributed by atoms with Crippen molar-refractivity contribution in [1.29, 1.82) is 0 Å². The van der Waals surface area contributed by atoms with Crippen LogP contribution in [0.25, 0.3) is 0 Å². The summed E-state index contributed by atoms with van der Waals surface area (Å²) in [5, 5.41) is 3.02. The van der Waals surface area contributed by atoms with Crippen LogP contribution in [0.1, 0.15) is 11.5 Å². The minimum Gasteiger partial charge on any atom is -0.399 e. The van der Waals surface area contributed by atoms with Gasteiger partial charge in [0.05, 0.1) is 5.69 Å². The lowest BCUT2D eigenvalue weighted by molar-refractivity contribution is 0.483. The second kappa shape index (κ2) is 6.78. The fourth-order valence-electron chi connectivity index (χ4n) is 2.19. The summed E-state index contributed by atoms with van der Waals surface area (Å²) in [6.07, 6.45) is 0. The number of rotatable bonds is 6. The molecule has 0 amide bonds. The van der Waals surface area contributed by atoms with Crippen molar-refractivity contribution in [3.05, 3.63) is 54.1 Å². The average Bonchev–Trinajstić information content (AvgIpc) is 2.49. The lowest BCUT2D eigenvalue weighted by atomic mass is 9.99. The maximum Gasteiger partial charge on any atom is 0.296 e. The Bertz CT molecular complexity index is 733. The van der Waals surface area contributed by atoms with Crippen LogP contribution in [0.15, 0.2) is 53.4 Å². The van der Waals surface area contributed by atoms with Crippen LogP contribution >= 0.6 is 0 Å². The zero-order valence-corrected chi connectivity index (χ0v) is 12.8. The molecule has 0 aliphatic heterocycles. The summed E-state index contributed by atoms with van der Waals surface area (Å²) < 4.78 is 32.1. The highest BCUT2D eigenvalue weighted by atomic mass is 32.2. The number of nitrogens with one attached hydrogen (secondary N) is 1. The van der Waals surface area contributed by atoms with Crippen LogP contribution in [-0.2, 0) is 10.1 Å². The Morgan fingerprint density at radius 1 is 1.14 bits per heavy atom. The van der Waals surface area contributed by atoms with Crippen LogP contribution in [-0.4, -0.2) is 26.1 Å². The van der Waals surface area contributed by atoms with Crippen LogP contribution in [0.5, 0.6) is 0 Å². The first-order valence-corrected chi connectivity index (χ1v) is 8.21. The van der Waals surface area contributed by atoms with Crippen molar-refractivity contribution in [3.8, 4) is 0 Å². The fraction of sp³-hybridized carbons (Fsp3) is 0.200. The molecule has 22 heavy (non-hydrogen) atoms. The molecular formula is C15H19N3O3S. The molecular weight excluding hydrogens is 302 g/mol. The fourth-order valence-corrected chi connectivity index (χ4v) is 2.90. The molecule has 0 aliphatic carbocycles. The first kappa shape index (κ1) is 16.3. The highest BCUT2D eigenvalue weighted by Crippen LogP contribution is 2.25. The monoisotopic (exact) mass is 321 g/mol. The minimum absolute atomic E-state index is 0.0213. The molecule has 2 aromatic carbocycles. The Kier molecular flexibility index (Phi) is 5.02. The summed E-state index contributed by atoms with van der Waals surface area (Å²) in [6, 6.07) is 14.0. The highest BCUT2D eigenvalue weighted by Gasteiger charge is 2.17.